The third-order valence-corrected chi connectivity index (χ3v) is 5.14. The van der Waals surface area contributed by atoms with Gasteiger partial charge in [0.1, 0.15) is 0 Å². The van der Waals surface area contributed by atoms with E-state index >= 15 is 0 Å². The highest BCUT2D eigenvalue weighted by atomic mass is 14.9. The molecule has 0 spiro atoms. The van der Waals surface area contributed by atoms with Gasteiger partial charge < -0.3 is 5.32 Å². The number of hydrogen-bond acceptors (Lipinski definition) is 1. The fourth-order valence-corrected chi connectivity index (χ4v) is 3.83. The van der Waals surface area contributed by atoms with E-state index in [1.165, 1.54) is 73.8 Å². The van der Waals surface area contributed by atoms with Crippen molar-refractivity contribution in [2.24, 2.45) is 0 Å². The number of benzene rings is 1. The highest BCUT2D eigenvalue weighted by Crippen LogP contribution is 2.34. The first-order valence-corrected chi connectivity index (χ1v) is 8.49. The molecule has 1 saturated carbocycles. The molecule has 0 unspecified atom stereocenters. The minimum Gasteiger partial charge on any atom is -0.356 e. The fraction of sp³-hybridized carbons (Fsp3) is 0.500. The third-order valence-electron chi connectivity index (χ3n) is 5.14. The van der Waals surface area contributed by atoms with E-state index in [1.54, 1.807) is 0 Å². The Morgan fingerprint density at radius 1 is 1.00 bits per heavy atom. The van der Waals surface area contributed by atoms with Crippen molar-refractivity contribution in [1.82, 2.24) is 0 Å². The molecule has 0 amide bonds. The van der Waals surface area contributed by atoms with Crippen LogP contribution in [0, 0.1) is 0 Å². The lowest BCUT2D eigenvalue weighted by molar-refractivity contribution is 0.443. The van der Waals surface area contributed by atoms with Crippen molar-refractivity contribution in [2.75, 3.05) is 5.32 Å². The largest absolute Gasteiger partial charge is 0.356 e. The number of allylic oxidation sites excluding steroid dienone is 2. The van der Waals surface area contributed by atoms with Crippen molar-refractivity contribution in [3.8, 4) is 0 Å². The van der Waals surface area contributed by atoms with Crippen molar-refractivity contribution in [3.63, 3.8) is 0 Å². The molecule has 1 fully saturated rings. The second kappa shape index (κ2) is 6.51. The van der Waals surface area contributed by atoms with Crippen LogP contribution in [0.4, 0.5) is 5.69 Å². The molecular formula is C20H27N. The van der Waals surface area contributed by atoms with Crippen LogP contribution < -0.4 is 5.32 Å². The topological polar surface area (TPSA) is 12.0 Å². The molecule has 1 N–H and O–H groups in total. The van der Waals surface area contributed by atoms with Gasteiger partial charge >= 0.3 is 0 Å². The van der Waals surface area contributed by atoms with Crippen molar-refractivity contribution >= 4 is 5.69 Å². The standard InChI is InChI=1S/C20H27N/c1-15-7-6-10-20(15)16(2)21-19-13-11-18(12-14-19)17-8-4-3-5-9-17/h11-14,17,21H,2-10H2,1H3. The van der Waals surface area contributed by atoms with Gasteiger partial charge in [0.2, 0.25) is 0 Å². The summed E-state index contributed by atoms with van der Waals surface area (Å²) < 4.78 is 0. The normalized spacial score (nSPS) is 19.9. The van der Waals surface area contributed by atoms with Crippen LogP contribution >= 0.6 is 0 Å². The van der Waals surface area contributed by atoms with E-state index in [-0.39, 0.29) is 0 Å². The van der Waals surface area contributed by atoms with E-state index in [0.29, 0.717) is 0 Å². The Morgan fingerprint density at radius 3 is 2.33 bits per heavy atom. The maximum Gasteiger partial charge on any atom is 0.0384 e. The molecule has 112 valence electrons. The van der Waals surface area contributed by atoms with Crippen LogP contribution in [0.15, 0.2) is 47.7 Å². The Balaban J connectivity index is 1.64. The molecule has 0 heterocycles. The molecule has 0 saturated heterocycles. The molecule has 0 atom stereocenters. The van der Waals surface area contributed by atoms with Gasteiger partial charge in [-0.15, -0.1) is 0 Å². The van der Waals surface area contributed by atoms with Crippen LogP contribution in [0.3, 0.4) is 0 Å². The first-order chi connectivity index (χ1) is 10.2. The summed E-state index contributed by atoms with van der Waals surface area (Å²) in [6.45, 7) is 6.46. The zero-order chi connectivity index (χ0) is 14.7. The molecule has 1 aromatic rings. The first kappa shape index (κ1) is 14.4. The van der Waals surface area contributed by atoms with Gasteiger partial charge in [0, 0.05) is 11.4 Å². The summed E-state index contributed by atoms with van der Waals surface area (Å²) in [5, 5.41) is 3.49. The van der Waals surface area contributed by atoms with Crippen LogP contribution in [0.2, 0.25) is 0 Å². The summed E-state index contributed by atoms with van der Waals surface area (Å²) in [6, 6.07) is 9.06. The molecule has 0 aliphatic heterocycles. The lowest BCUT2D eigenvalue weighted by Gasteiger charge is -2.22. The van der Waals surface area contributed by atoms with Gasteiger partial charge in [-0.05, 0) is 68.2 Å². The van der Waals surface area contributed by atoms with Crippen molar-refractivity contribution in [2.45, 2.75) is 64.2 Å². The maximum atomic E-state index is 4.23. The molecule has 2 aliphatic carbocycles. The Kier molecular flexibility index (Phi) is 4.48. The lowest BCUT2D eigenvalue weighted by Crippen LogP contribution is -2.05. The average molecular weight is 281 g/mol. The SMILES string of the molecule is C=C(Nc1ccc(C2CCCCC2)cc1)C1=C(C)CCC1. The van der Waals surface area contributed by atoms with Crippen LogP contribution in [0.1, 0.15) is 69.8 Å². The summed E-state index contributed by atoms with van der Waals surface area (Å²) in [7, 11) is 0. The van der Waals surface area contributed by atoms with Gasteiger partial charge in [-0.1, -0.05) is 43.5 Å². The van der Waals surface area contributed by atoms with E-state index < -0.39 is 0 Å². The molecule has 1 aromatic carbocycles. The van der Waals surface area contributed by atoms with E-state index in [0.717, 1.165) is 11.6 Å². The minimum atomic E-state index is 0.788. The zero-order valence-electron chi connectivity index (χ0n) is 13.3. The van der Waals surface area contributed by atoms with Gasteiger partial charge in [-0.2, -0.15) is 0 Å². The molecule has 3 rings (SSSR count). The predicted molar refractivity (Wildman–Crippen MR) is 91.6 cm³/mol. The molecule has 0 aromatic heterocycles. The van der Waals surface area contributed by atoms with E-state index in [4.69, 9.17) is 0 Å². The maximum absolute atomic E-state index is 4.23. The predicted octanol–water partition coefficient (Wildman–Crippen LogP) is 6.16. The number of hydrogen-bond donors (Lipinski definition) is 1. The smallest absolute Gasteiger partial charge is 0.0384 e. The van der Waals surface area contributed by atoms with Gasteiger partial charge in [0.25, 0.3) is 0 Å². The molecule has 1 nitrogen and oxygen atoms in total. The second-order valence-corrected chi connectivity index (χ2v) is 6.67. The monoisotopic (exact) mass is 281 g/mol. The molecule has 2 aliphatic rings. The third kappa shape index (κ3) is 3.40. The Morgan fingerprint density at radius 2 is 1.71 bits per heavy atom. The number of nitrogens with one attached hydrogen (secondary N) is 1. The van der Waals surface area contributed by atoms with Crippen molar-refractivity contribution in [3.05, 3.63) is 53.3 Å². The Bertz CT molecular complexity index is 529. The Hall–Kier alpha value is -1.50. The van der Waals surface area contributed by atoms with Gasteiger partial charge in [-0.25, -0.2) is 0 Å². The number of anilines is 1. The zero-order valence-corrected chi connectivity index (χ0v) is 13.3. The minimum absolute atomic E-state index is 0.788. The van der Waals surface area contributed by atoms with Crippen molar-refractivity contribution < 1.29 is 0 Å². The highest BCUT2D eigenvalue weighted by Gasteiger charge is 2.16. The highest BCUT2D eigenvalue weighted by molar-refractivity contribution is 5.54. The molecule has 0 radical (unpaired) electrons. The lowest BCUT2D eigenvalue weighted by atomic mass is 9.84. The van der Waals surface area contributed by atoms with Gasteiger partial charge in [-0.3, -0.25) is 0 Å². The second-order valence-electron chi connectivity index (χ2n) is 6.67. The molecule has 0 bridgehead atoms. The number of rotatable bonds is 4. The van der Waals surface area contributed by atoms with E-state index in [1.807, 2.05) is 0 Å². The summed E-state index contributed by atoms with van der Waals surface area (Å²) in [4.78, 5) is 0. The van der Waals surface area contributed by atoms with Crippen LogP contribution in [-0.4, -0.2) is 0 Å². The van der Waals surface area contributed by atoms with Crippen LogP contribution in [0.25, 0.3) is 0 Å². The average Bonchev–Trinajstić information content (AvgIpc) is 2.95. The Labute approximate surface area is 129 Å². The summed E-state index contributed by atoms with van der Waals surface area (Å²) in [6.07, 6.45) is 10.6. The molecule has 1 heteroatoms. The van der Waals surface area contributed by atoms with Crippen LogP contribution in [-0.2, 0) is 0 Å². The molecule has 21 heavy (non-hydrogen) atoms. The summed E-state index contributed by atoms with van der Waals surface area (Å²) in [5.74, 6) is 0.788. The van der Waals surface area contributed by atoms with Gasteiger partial charge in [0.15, 0.2) is 0 Å². The van der Waals surface area contributed by atoms with E-state index in [2.05, 4.69) is 43.1 Å². The van der Waals surface area contributed by atoms with E-state index in [9.17, 15) is 0 Å². The van der Waals surface area contributed by atoms with Gasteiger partial charge in [0.05, 0.1) is 0 Å². The van der Waals surface area contributed by atoms with Crippen molar-refractivity contribution in [1.29, 1.82) is 0 Å². The first-order valence-electron chi connectivity index (χ1n) is 8.49. The summed E-state index contributed by atoms with van der Waals surface area (Å²) in [5.41, 5.74) is 6.72. The molecular weight excluding hydrogens is 254 g/mol. The van der Waals surface area contributed by atoms with Crippen LogP contribution in [0.5, 0.6) is 0 Å². The quantitative estimate of drug-likeness (QED) is 0.697. The fourth-order valence-electron chi connectivity index (χ4n) is 3.83. The summed E-state index contributed by atoms with van der Waals surface area (Å²) >= 11 is 0.